The van der Waals surface area contributed by atoms with E-state index in [2.05, 4.69) is 25.1 Å². The Labute approximate surface area is 125 Å². The van der Waals surface area contributed by atoms with Gasteiger partial charge in [0.15, 0.2) is 5.82 Å². The van der Waals surface area contributed by atoms with Crippen molar-refractivity contribution in [2.75, 3.05) is 0 Å². The summed E-state index contributed by atoms with van der Waals surface area (Å²) in [4.78, 5) is 12.6. The van der Waals surface area contributed by atoms with Crippen LogP contribution in [0.5, 0.6) is 0 Å². The van der Waals surface area contributed by atoms with Crippen LogP contribution < -0.4 is 0 Å². The number of carboxylic acids is 1. The predicted molar refractivity (Wildman–Crippen MR) is 74.5 cm³/mol. The van der Waals surface area contributed by atoms with Crippen LogP contribution in [-0.2, 0) is 11.3 Å². The van der Waals surface area contributed by atoms with Gasteiger partial charge < -0.3 is 5.11 Å². The lowest BCUT2D eigenvalue weighted by Crippen LogP contribution is -2.35. The van der Waals surface area contributed by atoms with Gasteiger partial charge >= 0.3 is 5.97 Å². The van der Waals surface area contributed by atoms with Gasteiger partial charge in [0.05, 0.1) is 18.2 Å². The van der Waals surface area contributed by atoms with Gasteiger partial charge in [-0.25, -0.2) is 4.68 Å². The van der Waals surface area contributed by atoms with E-state index in [1.54, 1.807) is 10.9 Å². The molecule has 112 valence electrons. The fourth-order valence-corrected chi connectivity index (χ4v) is 3.39. The lowest BCUT2D eigenvalue weighted by Gasteiger charge is -2.27. The molecule has 0 aromatic carbocycles. The fourth-order valence-electron chi connectivity index (χ4n) is 2.88. The summed E-state index contributed by atoms with van der Waals surface area (Å²) in [6.45, 7) is 0.294. The molecule has 2 aromatic rings. The summed E-state index contributed by atoms with van der Waals surface area (Å²) in [5, 5.41) is 25.1. The predicted octanol–water partition coefficient (Wildman–Crippen LogP) is 1.62. The Kier molecular flexibility index (Phi) is 3.91. The van der Waals surface area contributed by atoms with E-state index in [4.69, 9.17) is 0 Å². The number of tetrazole rings is 1. The molecular weight excluding hydrogens is 292 g/mol. The smallest absolute Gasteiger partial charge is 0.311 e. The second-order valence-corrected chi connectivity index (χ2v) is 6.23. The van der Waals surface area contributed by atoms with Crippen molar-refractivity contribution >= 4 is 17.5 Å². The Morgan fingerprint density at radius 3 is 2.71 bits per heavy atom. The van der Waals surface area contributed by atoms with E-state index in [1.807, 2.05) is 0 Å². The molecule has 0 saturated heterocycles. The maximum atomic E-state index is 11.8. The zero-order valence-electron chi connectivity index (χ0n) is 11.5. The number of hydrogen-bond donors (Lipinski definition) is 1. The molecule has 8 nitrogen and oxygen atoms in total. The topological polar surface area (TPSA) is 107 Å². The molecule has 0 aliphatic heterocycles. The Balaban J connectivity index is 1.90. The van der Waals surface area contributed by atoms with Gasteiger partial charge in [0.1, 0.15) is 4.88 Å². The molecule has 0 atom stereocenters. The van der Waals surface area contributed by atoms with Crippen molar-refractivity contribution in [1.82, 2.24) is 29.8 Å². The second kappa shape index (κ2) is 5.84. The molecule has 9 heteroatoms. The Morgan fingerprint density at radius 2 is 2.10 bits per heavy atom. The monoisotopic (exact) mass is 308 g/mol. The molecule has 0 unspecified atom stereocenters. The van der Waals surface area contributed by atoms with Gasteiger partial charge in [-0.3, -0.25) is 4.79 Å². The quantitative estimate of drug-likeness (QED) is 0.855. The molecule has 0 spiro atoms. The van der Waals surface area contributed by atoms with Gasteiger partial charge in [-0.1, -0.05) is 30.2 Å². The van der Waals surface area contributed by atoms with Crippen molar-refractivity contribution in [3.05, 3.63) is 6.20 Å². The van der Waals surface area contributed by atoms with E-state index in [-0.39, 0.29) is 0 Å². The van der Waals surface area contributed by atoms with Crippen LogP contribution in [0, 0.1) is 5.41 Å². The number of carbonyl (C=O) groups is 1. The minimum absolute atomic E-state index is 0.294. The van der Waals surface area contributed by atoms with Crippen molar-refractivity contribution in [2.45, 2.75) is 45.1 Å². The van der Waals surface area contributed by atoms with Gasteiger partial charge in [-0.15, -0.1) is 10.2 Å². The van der Waals surface area contributed by atoms with Crippen molar-refractivity contribution in [3.63, 3.8) is 0 Å². The zero-order chi connectivity index (χ0) is 14.7. The van der Waals surface area contributed by atoms with E-state index in [0.29, 0.717) is 25.2 Å². The van der Waals surface area contributed by atoms with Crippen LogP contribution in [0.15, 0.2) is 6.20 Å². The standard InChI is InChI=1S/C12H16N6O2S/c19-11(20)12(5-3-1-2-4-6-12)8-18-10(14-15-16-18)9-7-13-17-21-9/h7H,1-6,8H2,(H,19,20). The van der Waals surface area contributed by atoms with E-state index in [0.717, 1.165) is 30.6 Å². The SMILES string of the molecule is O=C(O)C1(Cn2nnnc2-c2cnns2)CCCCCC1. The van der Waals surface area contributed by atoms with Crippen molar-refractivity contribution in [1.29, 1.82) is 0 Å². The van der Waals surface area contributed by atoms with Crippen LogP contribution >= 0.6 is 11.5 Å². The third-order valence-corrected chi connectivity index (χ3v) is 4.74. The molecule has 1 saturated carbocycles. The minimum Gasteiger partial charge on any atom is -0.481 e. The summed E-state index contributed by atoms with van der Waals surface area (Å²) in [7, 11) is 0. The number of rotatable bonds is 4. The maximum Gasteiger partial charge on any atom is 0.311 e. The minimum atomic E-state index is -0.779. The van der Waals surface area contributed by atoms with Gasteiger partial charge in [-0.05, 0) is 34.8 Å². The Bertz CT molecular complexity index is 603. The van der Waals surface area contributed by atoms with Crippen molar-refractivity contribution in [3.8, 4) is 10.7 Å². The summed E-state index contributed by atoms with van der Waals surface area (Å²) in [6, 6.07) is 0. The molecule has 0 amide bonds. The highest BCUT2D eigenvalue weighted by molar-refractivity contribution is 7.09. The summed E-state index contributed by atoms with van der Waals surface area (Å²) in [5.74, 6) is -0.219. The first kappa shape index (κ1) is 14.1. The molecule has 2 heterocycles. The molecule has 1 aliphatic rings. The van der Waals surface area contributed by atoms with Gasteiger partial charge in [0, 0.05) is 0 Å². The molecule has 1 aliphatic carbocycles. The van der Waals surface area contributed by atoms with E-state index >= 15 is 0 Å². The maximum absolute atomic E-state index is 11.8. The number of carboxylic acid groups (broad SMARTS) is 1. The number of hydrogen-bond acceptors (Lipinski definition) is 7. The fraction of sp³-hybridized carbons (Fsp3) is 0.667. The summed E-state index contributed by atoms with van der Waals surface area (Å²) in [6.07, 6.45) is 6.99. The molecule has 21 heavy (non-hydrogen) atoms. The third-order valence-electron chi connectivity index (χ3n) is 4.08. The average molecular weight is 308 g/mol. The second-order valence-electron chi connectivity index (χ2n) is 5.44. The van der Waals surface area contributed by atoms with E-state index in [9.17, 15) is 9.90 Å². The highest BCUT2D eigenvalue weighted by Crippen LogP contribution is 2.37. The third kappa shape index (κ3) is 2.78. The summed E-state index contributed by atoms with van der Waals surface area (Å²) >= 11 is 1.20. The highest BCUT2D eigenvalue weighted by atomic mass is 32.1. The van der Waals surface area contributed by atoms with E-state index < -0.39 is 11.4 Å². The number of aromatic nitrogens is 6. The lowest BCUT2D eigenvalue weighted by molar-refractivity contribution is -0.151. The Hall–Kier alpha value is -1.90. The average Bonchev–Trinajstić information content (AvgIpc) is 3.07. The van der Waals surface area contributed by atoms with Crippen LogP contribution in [0.2, 0.25) is 0 Å². The van der Waals surface area contributed by atoms with Crippen LogP contribution in [0.3, 0.4) is 0 Å². The van der Waals surface area contributed by atoms with Crippen LogP contribution in [0.1, 0.15) is 38.5 Å². The van der Waals surface area contributed by atoms with Crippen LogP contribution in [-0.4, -0.2) is 40.9 Å². The molecular formula is C12H16N6O2S. The van der Waals surface area contributed by atoms with Crippen LogP contribution in [0.4, 0.5) is 0 Å². The van der Waals surface area contributed by atoms with Crippen molar-refractivity contribution in [2.24, 2.45) is 5.41 Å². The molecule has 1 fully saturated rings. The highest BCUT2D eigenvalue weighted by Gasteiger charge is 2.40. The summed E-state index contributed by atoms with van der Waals surface area (Å²) < 4.78 is 5.38. The normalized spacial score (nSPS) is 18.3. The molecule has 2 aromatic heterocycles. The number of aliphatic carboxylic acids is 1. The first-order chi connectivity index (χ1) is 10.2. The molecule has 0 bridgehead atoms. The van der Waals surface area contributed by atoms with Crippen LogP contribution in [0.25, 0.3) is 10.7 Å². The molecule has 0 radical (unpaired) electrons. The first-order valence-electron chi connectivity index (χ1n) is 6.99. The van der Waals surface area contributed by atoms with Gasteiger partial charge in [0.2, 0.25) is 0 Å². The largest absolute Gasteiger partial charge is 0.481 e. The Morgan fingerprint density at radius 1 is 1.33 bits per heavy atom. The molecule has 3 rings (SSSR count). The van der Waals surface area contributed by atoms with E-state index in [1.165, 1.54) is 11.5 Å². The van der Waals surface area contributed by atoms with Gasteiger partial charge in [0.25, 0.3) is 0 Å². The van der Waals surface area contributed by atoms with Crippen molar-refractivity contribution < 1.29 is 9.90 Å². The number of nitrogens with zero attached hydrogens (tertiary/aromatic N) is 6. The lowest BCUT2D eigenvalue weighted by atomic mass is 9.80. The first-order valence-corrected chi connectivity index (χ1v) is 7.76. The van der Waals surface area contributed by atoms with Gasteiger partial charge in [-0.2, -0.15) is 0 Å². The molecule has 1 N–H and O–H groups in total. The summed E-state index contributed by atoms with van der Waals surface area (Å²) in [5.41, 5.74) is -0.779. The zero-order valence-corrected chi connectivity index (χ0v) is 12.3.